The maximum Gasteiger partial charge on any atom is 0.124 e. The molecule has 1 N–H and O–H groups in total. The monoisotopic (exact) mass is 327 g/mol. The number of allylic oxidation sites excluding steroid dienone is 1. The third-order valence-corrected chi connectivity index (χ3v) is 3.52. The summed E-state index contributed by atoms with van der Waals surface area (Å²) in [4.78, 5) is 0. The molecule has 1 atom stereocenters. The zero-order chi connectivity index (χ0) is 13.7. The molecule has 0 saturated heterocycles. The predicted octanol–water partition coefficient (Wildman–Crippen LogP) is 4.32. The summed E-state index contributed by atoms with van der Waals surface area (Å²) in [6.07, 6.45) is 5.21. The van der Waals surface area contributed by atoms with Crippen LogP contribution in [0.2, 0.25) is 0 Å². The van der Waals surface area contributed by atoms with Gasteiger partial charge in [-0.2, -0.15) is 0 Å². The van der Waals surface area contributed by atoms with Crippen LogP contribution in [0.15, 0.2) is 34.5 Å². The Balaban J connectivity index is 2.27. The maximum atomic E-state index is 13.6. The van der Waals surface area contributed by atoms with Gasteiger partial charge in [-0.15, -0.1) is 0 Å². The van der Waals surface area contributed by atoms with E-state index in [-0.39, 0.29) is 11.9 Å². The van der Waals surface area contributed by atoms with Crippen molar-refractivity contribution in [2.75, 3.05) is 13.2 Å². The number of hydrogen-bond donors (Lipinski definition) is 1. The van der Waals surface area contributed by atoms with E-state index in [1.165, 1.54) is 6.07 Å². The number of ether oxygens (including phenoxy) is 1. The molecule has 0 radical (unpaired) electrons. The van der Waals surface area contributed by atoms with Crippen molar-refractivity contribution in [2.24, 2.45) is 0 Å². The van der Waals surface area contributed by atoms with E-state index in [0.717, 1.165) is 48.2 Å². The molecule has 1 aromatic carbocycles. The first kappa shape index (κ1) is 14.5. The first-order valence-electron chi connectivity index (χ1n) is 6.73. The number of benzene rings is 1. The van der Waals surface area contributed by atoms with Crippen LogP contribution in [0.25, 0.3) is 0 Å². The lowest BCUT2D eigenvalue weighted by atomic mass is 10.0. The number of nitrogens with one attached hydrogen (secondary N) is 1. The zero-order valence-electron chi connectivity index (χ0n) is 11.1. The van der Waals surface area contributed by atoms with E-state index in [1.54, 1.807) is 6.07 Å². The van der Waals surface area contributed by atoms with Crippen LogP contribution in [0.5, 0.6) is 0 Å². The van der Waals surface area contributed by atoms with Gasteiger partial charge in [0.2, 0.25) is 0 Å². The van der Waals surface area contributed by atoms with Gasteiger partial charge in [0.1, 0.15) is 11.6 Å². The SMILES string of the molecule is CCCNC(C1=CCCCO1)c1cc(F)cc(Br)c1. The molecule has 0 fully saturated rings. The van der Waals surface area contributed by atoms with Gasteiger partial charge in [-0.25, -0.2) is 4.39 Å². The van der Waals surface area contributed by atoms with E-state index >= 15 is 0 Å². The highest BCUT2D eigenvalue weighted by Gasteiger charge is 2.20. The molecule has 1 aromatic rings. The van der Waals surface area contributed by atoms with Gasteiger partial charge in [-0.3, -0.25) is 0 Å². The van der Waals surface area contributed by atoms with Crippen LogP contribution >= 0.6 is 15.9 Å². The minimum atomic E-state index is -0.232. The van der Waals surface area contributed by atoms with Gasteiger partial charge in [-0.1, -0.05) is 22.9 Å². The van der Waals surface area contributed by atoms with Crippen molar-refractivity contribution in [3.05, 3.63) is 45.9 Å². The van der Waals surface area contributed by atoms with Gasteiger partial charge in [0, 0.05) is 4.47 Å². The summed E-state index contributed by atoms with van der Waals surface area (Å²) in [6, 6.07) is 4.91. The van der Waals surface area contributed by atoms with Crippen molar-refractivity contribution in [1.29, 1.82) is 0 Å². The van der Waals surface area contributed by atoms with E-state index < -0.39 is 0 Å². The average Bonchev–Trinajstić information content (AvgIpc) is 2.39. The molecular weight excluding hydrogens is 309 g/mol. The molecule has 1 unspecified atom stereocenters. The molecule has 0 saturated carbocycles. The summed E-state index contributed by atoms with van der Waals surface area (Å²) in [5.74, 6) is 0.682. The summed E-state index contributed by atoms with van der Waals surface area (Å²) in [5.41, 5.74) is 0.897. The molecule has 1 aliphatic heterocycles. The summed E-state index contributed by atoms with van der Waals surface area (Å²) in [5, 5.41) is 3.43. The Morgan fingerprint density at radius 2 is 2.26 bits per heavy atom. The predicted molar refractivity (Wildman–Crippen MR) is 78.4 cm³/mol. The van der Waals surface area contributed by atoms with Gasteiger partial charge in [0.05, 0.1) is 12.6 Å². The molecule has 1 aliphatic rings. The van der Waals surface area contributed by atoms with Crippen molar-refractivity contribution in [1.82, 2.24) is 5.32 Å². The quantitative estimate of drug-likeness (QED) is 0.869. The Morgan fingerprint density at radius 3 is 2.89 bits per heavy atom. The molecule has 104 valence electrons. The fraction of sp³-hybridized carbons (Fsp3) is 0.467. The fourth-order valence-corrected chi connectivity index (χ4v) is 2.67. The third kappa shape index (κ3) is 4.05. The van der Waals surface area contributed by atoms with Crippen LogP contribution in [-0.2, 0) is 4.74 Å². The number of rotatable bonds is 5. The van der Waals surface area contributed by atoms with E-state index in [2.05, 4.69) is 34.2 Å². The summed E-state index contributed by atoms with van der Waals surface area (Å²) >= 11 is 3.35. The van der Waals surface area contributed by atoms with Crippen LogP contribution in [0, 0.1) is 5.82 Å². The average molecular weight is 328 g/mol. The Labute approximate surface area is 122 Å². The lowest BCUT2D eigenvalue weighted by molar-refractivity contribution is 0.167. The Bertz CT molecular complexity index is 441. The summed E-state index contributed by atoms with van der Waals surface area (Å²) in [7, 11) is 0. The van der Waals surface area contributed by atoms with E-state index in [0.29, 0.717) is 0 Å². The minimum absolute atomic E-state index is 0.0627. The first-order chi connectivity index (χ1) is 9.20. The molecule has 2 nitrogen and oxygen atoms in total. The molecular formula is C15H19BrFNO. The standard InChI is InChI=1S/C15H19BrFNO/c1-2-6-18-15(14-5-3-4-7-19-14)11-8-12(16)10-13(17)9-11/h5,8-10,15,18H,2-4,6-7H2,1H3. The van der Waals surface area contributed by atoms with Gasteiger partial charge in [0.25, 0.3) is 0 Å². The molecule has 0 spiro atoms. The highest BCUT2D eigenvalue weighted by Crippen LogP contribution is 2.28. The molecule has 0 aromatic heterocycles. The maximum absolute atomic E-state index is 13.6. The van der Waals surface area contributed by atoms with Crippen LogP contribution < -0.4 is 5.32 Å². The van der Waals surface area contributed by atoms with Gasteiger partial charge in [0.15, 0.2) is 0 Å². The van der Waals surface area contributed by atoms with Crippen molar-refractivity contribution in [3.8, 4) is 0 Å². The topological polar surface area (TPSA) is 21.3 Å². The molecule has 0 bridgehead atoms. The van der Waals surface area contributed by atoms with E-state index in [1.807, 2.05) is 6.07 Å². The van der Waals surface area contributed by atoms with Crippen molar-refractivity contribution in [2.45, 2.75) is 32.2 Å². The third-order valence-electron chi connectivity index (χ3n) is 3.06. The highest BCUT2D eigenvalue weighted by molar-refractivity contribution is 9.10. The molecule has 0 aliphatic carbocycles. The van der Waals surface area contributed by atoms with Crippen LogP contribution in [0.3, 0.4) is 0 Å². The molecule has 1 heterocycles. The van der Waals surface area contributed by atoms with Crippen LogP contribution in [0.4, 0.5) is 4.39 Å². The number of halogens is 2. The highest BCUT2D eigenvalue weighted by atomic mass is 79.9. The van der Waals surface area contributed by atoms with Gasteiger partial charge < -0.3 is 10.1 Å². The molecule has 2 rings (SSSR count). The van der Waals surface area contributed by atoms with Crippen molar-refractivity contribution >= 4 is 15.9 Å². The Hall–Kier alpha value is -0.870. The molecule has 19 heavy (non-hydrogen) atoms. The van der Waals surface area contributed by atoms with Crippen LogP contribution in [0.1, 0.15) is 37.8 Å². The molecule has 0 amide bonds. The van der Waals surface area contributed by atoms with E-state index in [9.17, 15) is 4.39 Å². The normalized spacial score (nSPS) is 16.7. The smallest absolute Gasteiger partial charge is 0.124 e. The summed E-state index contributed by atoms with van der Waals surface area (Å²) in [6.45, 7) is 3.73. The number of hydrogen-bond acceptors (Lipinski definition) is 2. The van der Waals surface area contributed by atoms with Gasteiger partial charge >= 0.3 is 0 Å². The van der Waals surface area contributed by atoms with Crippen molar-refractivity contribution < 1.29 is 9.13 Å². The first-order valence-corrected chi connectivity index (χ1v) is 7.52. The molecule has 4 heteroatoms. The second-order valence-corrected chi connectivity index (χ2v) is 5.60. The summed E-state index contributed by atoms with van der Waals surface area (Å²) < 4.78 is 20.0. The van der Waals surface area contributed by atoms with Crippen molar-refractivity contribution in [3.63, 3.8) is 0 Å². The minimum Gasteiger partial charge on any atom is -0.496 e. The lowest BCUT2D eigenvalue weighted by Gasteiger charge is -2.25. The van der Waals surface area contributed by atoms with E-state index in [4.69, 9.17) is 4.74 Å². The largest absolute Gasteiger partial charge is 0.496 e. The van der Waals surface area contributed by atoms with Gasteiger partial charge in [-0.05, 0) is 55.6 Å². The fourth-order valence-electron chi connectivity index (χ4n) is 2.19. The lowest BCUT2D eigenvalue weighted by Crippen LogP contribution is -2.26. The zero-order valence-corrected chi connectivity index (χ0v) is 12.7. The second-order valence-electron chi connectivity index (χ2n) is 4.69. The Kier molecular flexibility index (Phi) is 5.40. The van der Waals surface area contributed by atoms with Crippen LogP contribution in [-0.4, -0.2) is 13.2 Å². The second kappa shape index (κ2) is 7.06. The Morgan fingerprint density at radius 1 is 1.42 bits per heavy atom.